The van der Waals surface area contributed by atoms with Crippen molar-refractivity contribution in [3.63, 3.8) is 0 Å². The van der Waals surface area contributed by atoms with Gasteiger partial charge in [-0.1, -0.05) is 29.8 Å². The van der Waals surface area contributed by atoms with E-state index >= 15 is 0 Å². The molecular formula is C14H17BrN4O2. The molecule has 0 bridgehead atoms. The van der Waals surface area contributed by atoms with Gasteiger partial charge in [0.25, 0.3) is 5.91 Å². The molecule has 1 aromatic carbocycles. The minimum Gasteiger partial charge on any atom is -0.497 e. The molecule has 2 rings (SSSR count). The number of anilines is 2. The van der Waals surface area contributed by atoms with Gasteiger partial charge in [-0.15, -0.1) is 0 Å². The molecule has 1 aromatic heterocycles. The molecule has 0 atom stereocenters. The fourth-order valence-electron chi connectivity index (χ4n) is 1.92. The van der Waals surface area contributed by atoms with Crippen molar-refractivity contribution in [3.05, 3.63) is 34.1 Å². The number of amides is 1. The number of hydrogen-bond donors (Lipinski definition) is 3. The molecule has 0 fully saturated rings. The first-order valence-corrected chi connectivity index (χ1v) is 7.21. The Kier molecular flexibility index (Phi) is 4.52. The Balaban J connectivity index is 2.24. The van der Waals surface area contributed by atoms with Gasteiger partial charge in [-0.05, 0) is 18.1 Å². The Morgan fingerprint density at radius 2 is 2.14 bits per heavy atom. The second-order valence-electron chi connectivity index (χ2n) is 4.89. The van der Waals surface area contributed by atoms with Crippen LogP contribution in [0.15, 0.2) is 22.7 Å². The third kappa shape index (κ3) is 3.36. The van der Waals surface area contributed by atoms with Gasteiger partial charge in [-0.3, -0.25) is 9.89 Å². The normalized spacial score (nSPS) is 10.7. The van der Waals surface area contributed by atoms with Crippen molar-refractivity contribution in [1.82, 2.24) is 10.2 Å². The lowest BCUT2D eigenvalue weighted by atomic mass is 10.1. The van der Waals surface area contributed by atoms with Crippen LogP contribution in [0, 0.1) is 0 Å². The number of nitrogen functional groups attached to an aromatic ring is 1. The first-order chi connectivity index (χ1) is 9.92. The molecule has 7 heteroatoms. The van der Waals surface area contributed by atoms with Gasteiger partial charge >= 0.3 is 0 Å². The van der Waals surface area contributed by atoms with Crippen molar-refractivity contribution < 1.29 is 9.53 Å². The summed E-state index contributed by atoms with van der Waals surface area (Å²) in [5.41, 5.74) is 7.88. The van der Waals surface area contributed by atoms with Crippen LogP contribution < -0.4 is 15.8 Å². The van der Waals surface area contributed by atoms with Gasteiger partial charge in [-0.25, -0.2) is 0 Å². The van der Waals surface area contributed by atoms with Gasteiger partial charge in [0.15, 0.2) is 5.69 Å². The van der Waals surface area contributed by atoms with E-state index in [0.29, 0.717) is 17.1 Å². The number of rotatable bonds is 4. The number of aromatic amines is 1. The molecule has 1 heterocycles. The van der Waals surface area contributed by atoms with Crippen LogP contribution in [0.2, 0.25) is 0 Å². The number of H-pyrrole nitrogens is 1. The number of aromatic nitrogens is 2. The maximum absolute atomic E-state index is 12.3. The summed E-state index contributed by atoms with van der Waals surface area (Å²) in [4.78, 5) is 12.3. The van der Waals surface area contributed by atoms with E-state index < -0.39 is 0 Å². The molecule has 112 valence electrons. The molecule has 0 aliphatic rings. The Hall–Kier alpha value is -2.02. The lowest BCUT2D eigenvalue weighted by Crippen LogP contribution is -2.14. The second-order valence-corrected chi connectivity index (χ2v) is 5.80. The predicted molar refractivity (Wildman–Crippen MR) is 85.7 cm³/mol. The zero-order chi connectivity index (χ0) is 15.6. The Bertz CT molecular complexity index is 667. The first-order valence-electron chi connectivity index (χ1n) is 6.42. The van der Waals surface area contributed by atoms with Gasteiger partial charge in [0.1, 0.15) is 5.75 Å². The Labute approximate surface area is 131 Å². The number of benzene rings is 1. The Morgan fingerprint density at radius 3 is 2.71 bits per heavy atom. The highest BCUT2D eigenvalue weighted by atomic mass is 79.9. The molecule has 0 saturated carbocycles. The van der Waals surface area contributed by atoms with Gasteiger partial charge < -0.3 is 15.8 Å². The third-order valence-electron chi connectivity index (χ3n) is 2.99. The second kappa shape index (κ2) is 6.17. The molecule has 6 nitrogen and oxygen atoms in total. The van der Waals surface area contributed by atoms with Crippen LogP contribution in [0.5, 0.6) is 5.75 Å². The lowest BCUT2D eigenvalue weighted by Gasteiger charge is -2.08. The molecule has 0 spiro atoms. The average molecular weight is 353 g/mol. The van der Waals surface area contributed by atoms with Crippen LogP contribution in [0.25, 0.3) is 0 Å². The summed E-state index contributed by atoms with van der Waals surface area (Å²) in [6.07, 6.45) is 0. The standard InChI is InChI=1S/C14H17BrN4O2/c1-7(2)12-11(16)13(19-18-12)14(20)17-9-4-8(15)5-10(6-9)21-3/h4-7H,16H2,1-3H3,(H,17,20)(H,18,19). The quantitative estimate of drug-likeness (QED) is 0.787. The molecule has 4 N–H and O–H groups in total. The van der Waals surface area contributed by atoms with Crippen LogP contribution in [0.3, 0.4) is 0 Å². The summed E-state index contributed by atoms with van der Waals surface area (Å²) in [5, 5.41) is 9.55. The number of hydrogen-bond acceptors (Lipinski definition) is 4. The summed E-state index contributed by atoms with van der Waals surface area (Å²) < 4.78 is 5.96. The van der Waals surface area contributed by atoms with Crippen LogP contribution in [-0.4, -0.2) is 23.2 Å². The maximum atomic E-state index is 12.3. The molecule has 0 aliphatic heterocycles. The third-order valence-corrected chi connectivity index (χ3v) is 3.45. The number of ether oxygens (including phenoxy) is 1. The van der Waals surface area contributed by atoms with E-state index in [1.165, 1.54) is 0 Å². The number of halogens is 1. The number of nitrogens with one attached hydrogen (secondary N) is 2. The SMILES string of the molecule is COc1cc(Br)cc(NC(=O)c2n[nH]c(C(C)C)c2N)c1. The smallest absolute Gasteiger partial charge is 0.278 e. The fourth-order valence-corrected chi connectivity index (χ4v) is 2.39. The first kappa shape index (κ1) is 15.4. The maximum Gasteiger partial charge on any atom is 0.278 e. The van der Waals surface area contributed by atoms with E-state index in [0.717, 1.165) is 10.2 Å². The van der Waals surface area contributed by atoms with Crippen molar-refractivity contribution in [2.45, 2.75) is 19.8 Å². The number of methoxy groups -OCH3 is 1. The Morgan fingerprint density at radius 1 is 1.43 bits per heavy atom. The summed E-state index contributed by atoms with van der Waals surface area (Å²) >= 11 is 3.36. The molecule has 21 heavy (non-hydrogen) atoms. The molecule has 2 aromatic rings. The molecular weight excluding hydrogens is 336 g/mol. The highest BCUT2D eigenvalue weighted by Crippen LogP contribution is 2.26. The van der Waals surface area contributed by atoms with Crippen molar-refractivity contribution >= 4 is 33.2 Å². The van der Waals surface area contributed by atoms with Crippen LogP contribution in [0.4, 0.5) is 11.4 Å². The number of carbonyl (C=O) groups excluding carboxylic acids is 1. The largest absolute Gasteiger partial charge is 0.497 e. The highest BCUT2D eigenvalue weighted by molar-refractivity contribution is 9.10. The number of carbonyl (C=O) groups is 1. The lowest BCUT2D eigenvalue weighted by molar-refractivity contribution is 0.102. The van der Waals surface area contributed by atoms with E-state index in [4.69, 9.17) is 10.5 Å². The molecule has 0 unspecified atom stereocenters. The van der Waals surface area contributed by atoms with Crippen LogP contribution in [-0.2, 0) is 0 Å². The van der Waals surface area contributed by atoms with Gasteiger partial charge in [0.2, 0.25) is 0 Å². The molecule has 1 amide bonds. The minimum atomic E-state index is -0.365. The monoisotopic (exact) mass is 352 g/mol. The van der Waals surface area contributed by atoms with E-state index in [-0.39, 0.29) is 17.5 Å². The van der Waals surface area contributed by atoms with Crippen LogP contribution in [0.1, 0.15) is 35.9 Å². The summed E-state index contributed by atoms with van der Waals surface area (Å²) in [7, 11) is 1.56. The summed E-state index contributed by atoms with van der Waals surface area (Å²) in [6, 6.07) is 5.29. The zero-order valence-corrected chi connectivity index (χ0v) is 13.6. The van der Waals surface area contributed by atoms with Gasteiger partial charge in [0.05, 0.1) is 18.5 Å². The van der Waals surface area contributed by atoms with E-state index in [9.17, 15) is 4.79 Å². The van der Waals surface area contributed by atoms with Crippen molar-refractivity contribution in [2.24, 2.45) is 0 Å². The fraction of sp³-hybridized carbons (Fsp3) is 0.286. The van der Waals surface area contributed by atoms with Crippen molar-refractivity contribution in [2.75, 3.05) is 18.2 Å². The highest BCUT2D eigenvalue weighted by Gasteiger charge is 2.19. The number of nitrogens with two attached hydrogens (primary N) is 1. The molecule has 0 saturated heterocycles. The molecule has 0 aliphatic carbocycles. The van der Waals surface area contributed by atoms with E-state index in [1.807, 2.05) is 13.8 Å². The zero-order valence-electron chi connectivity index (χ0n) is 12.0. The summed E-state index contributed by atoms with van der Waals surface area (Å²) in [6.45, 7) is 3.95. The van der Waals surface area contributed by atoms with Gasteiger partial charge in [0, 0.05) is 16.2 Å². The minimum absolute atomic E-state index is 0.171. The summed E-state index contributed by atoms with van der Waals surface area (Å²) in [5.74, 6) is 0.443. The van der Waals surface area contributed by atoms with Crippen LogP contribution >= 0.6 is 15.9 Å². The topological polar surface area (TPSA) is 93.0 Å². The van der Waals surface area contributed by atoms with E-state index in [1.54, 1.807) is 25.3 Å². The van der Waals surface area contributed by atoms with Crippen molar-refractivity contribution in [3.8, 4) is 5.75 Å². The molecule has 0 radical (unpaired) electrons. The number of nitrogens with zero attached hydrogens (tertiary/aromatic N) is 1. The van der Waals surface area contributed by atoms with E-state index in [2.05, 4.69) is 31.4 Å². The van der Waals surface area contributed by atoms with Gasteiger partial charge in [-0.2, -0.15) is 5.10 Å². The average Bonchev–Trinajstić information content (AvgIpc) is 2.80. The van der Waals surface area contributed by atoms with Crippen molar-refractivity contribution in [1.29, 1.82) is 0 Å². The predicted octanol–water partition coefficient (Wildman–Crippen LogP) is 3.14.